The van der Waals surface area contributed by atoms with E-state index < -0.39 is 18.1 Å². The standard InChI is InChI=1S/C7H16N2O3/c1-9(2,3)4-5(10)6(8)7(11)12/h5-6,10H,4,8H2,1-3H3/t5-,6-/m0/s1. The fourth-order valence-electron chi connectivity index (χ4n) is 0.832. The Labute approximate surface area is 72.0 Å². The van der Waals surface area contributed by atoms with Gasteiger partial charge in [0.2, 0.25) is 0 Å². The third-order valence-corrected chi connectivity index (χ3v) is 1.42. The predicted octanol–water partition coefficient (Wildman–Crippen LogP) is -2.87. The molecule has 0 rings (SSSR count). The molecule has 12 heavy (non-hydrogen) atoms. The van der Waals surface area contributed by atoms with Crippen molar-refractivity contribution in [2.75, 3.05) is 27.7 Å². The monoisotopic (exact) mass is 176 g/mol. The minimum atomic E-state index is -1.42. The van der Waals surface area contributed by atoms with Crippen LogP contribution in [0.25, 0.3) is 0 Å². The topological polar surface area (TPSA) is 86.4 Å². The lowest BCUT2D eigenvalue weighted by Crippen LogP contribution is -2.55. The maximum Gasteiger partial charge on any atom is 0.123 e. The lowest BCUT2D eigenvalue weighted by Gasteiger charge is -2.29. The van der Waals surface area contributed by atoms with Crippen LogP contribution in [-0.2, 0) is 4.79 Å². The first-order valence-corrected chi connectivity index (χ1v) is 3.69. The Morgan fingerprint density at radius 2 is 2.00 bits per heavy atom. The second-order valence-corrected chi connectivity index (χ2v) is 3.89. The fourth-order valence-corrected chi connectivity index (χ4v) is 0.832. The normalized spacial score (nSPS) is 17.1. The number of carbonyl (C=O) groups excluding carboxylic acids is 1. The Kier molecular flexibility index (Phi) is 3.63. The highest BCUT2D eigenvalue weighted by atomic mass is 16.4. The Bertz CT molecular complexity index is 165. The molecule has 0 fully saturated rings. The van der Waals surface area contributed by atoms with E-state index in [-0.39, 0.29) is 6.54 Å². The van der Waals surface area contributed by atoms with E-state index in [2.05, 4.69) is 0 Å². The average Bonchev–Trinajstić information content (AvgIpc) is 1.82. The van der Waals surface area contributed by atoms with Gasteiger partial charge in [-0.15, -0.1) is 0 Å². The van der Waals surface area contributed by atoms with E-state index in [0.717, 1.165) is 0 Å². The van der Waals surface area contributed by atoms with Gasteiger partial charge < -0.3 is 25.2 Å². The van der Waals surface area contributed by atoms with E-state index in [1.165, 1.54) is 0 Å². The molecule has 0 spiro atoms. The molecule has 0 saturated heterocycles. The van der Waals surface area contributed by atoms with Crippen LogP contribution in [0.15, 0.2) is 0 Å². The van der Waals surface area contributed by atoms with Gasteiger partial charge in [0.25, 0.3) is 0 Å². The number of rotatable bonds is 4. The fraction of sp³-hybridized carbons (Fsp3) is 0.857. The molecule has 5 heteroatoms. The SMILES string of the molecule is C[N+](C)(C)C[C@H](O)[C@H](N)C(=O)[O-]. The molecule has 0 bridgehead atoms. The first-order chi connectivity index (χ1) is 5.24. The van der Waals surface area contributed by atoms with Crippen LogP contribution in [0.3, 0.4) is 0 Å². The number of quaternary nitrogens is 1. The minimum Gasteiger partial charge on any atom is -0.548 e. The van der Waals surface area contributed by atoms with Gasteiger partial charge in [-0.1, -0.05) is 0 Å². The number of hydrogen-bond donors (Lipinski definition) is 2. The molecule has 0 aromatic rings. The quantitative estimate of drug-likeness (QED) is 0.451. The molecule has 0 aliphatic heterocycles. The lowest BCUT2D eigenvalue weighted by atomic mass is 10.1. The Hall–Kier alpha value is -0.650. The number of aliphatic hydroxyl groups is 1. The molecule has 5 nitrogen and oxygen atoms in total. The highest BCUT2D eigenvalue weighted by molar-refractivity contribution is 5.71. The smallest absolute Gasteiger partial charge is 0.123 e. The van der Waals surface area contributed by atoms with Crippen molar-refractivity contribution < 1.29 is 19.5 Å². The maximum absolute atomic E-state index is 10.2. The Morgan fingerprint density at radius 1 is 1.58 bits per heavy atom. The second-order valence-electron chi connectivity index (χ2n) is 3.89. The number of hydrogen-bond acceptors (Lipinski definition) is 4. The van der Waals surface area contributed by atoms with E-state index in [4.69, 9.17) is 5.73 Å². The third kappa shape index (κ3) is 4.27. The van der Waals surface area contributed by atoms with E-state index in [0.29, 0.717) is 4.48 Å². The van der Waals surface area contributed by atoms with E-state index in [1.54, 1.807) is 0 Å². The van der Waals surface area contributed by atoms with Gasteiger partial charge in [0, 0.05) is 0 Å². The van der Waals surface area contributed by atoms with Crippen LogP contribution in [0.1, 0.15) is 0 Å². The van der Waals surface area contributed by atoms with Crippen LogP contribution in [0.2, 0.25) is 0 Å². The summed E-state index contributed by atoms with van der Waals surface area (Å²) in [5.41, 5.74) is 5.15. The van der Waals surface area contributed by atoms with Crippen molar-refractivity contribution in [2.45, 2.75) is 12.1 Å². The summed E-state index contributed by atoms with van der Waals surface area (Å²) in [5.74, 6) is -1.42. The molecule has 0 aromatic carbocycles. The molecule has 0 aliphatic carbocycles. The maximum atomic E-state index is 10.2. The summed E-state index contributed by atoms with van der Waals surface area (Å²) in [6.45, 7) is 0.287. The zero-order valence-electron chi connectivity index (χ0n) is 7.65. The van der Waals surface area contributed by atoms with Crippen molar-refractivity contribution in [3.05, 3.63) is 0 Å². The van der Waals surface area contributed by atoms with Gasteiger partial charge in [0.1, 0.15) is 12.6 Å². The molecular formula is C7H16N2O3. The van der Waals surface area contributed by atoms with Crippen LogP contribution < -0.4 is 10.8 Å². The summed E-state index contributed by atoms with van der Waals surface area (Å²) >= 11 is 0. The van der Waals surface area contributed by atoms with Gasteiger partial charge in [-0.2, -0.15) is 0 Å². The molecule has 0 saturated carbocycles. The van der Waals surface area contributed by atoms with Crippen molar-refractivity contribution >= 4 is 5.97 Å². The van der Waals surface area contributed by atoms with Gasteiger partial charge in [0.15, 0.2) is 0 Å². The van der Waals surface area contributed by atoms with E-state index >= 15 is 0 Å². The van der Waals surface area contributed by atoms with Crippen molar-refractivity contribution in [2.24, 2.45) is 5.73 Å². The van der Waals surface area contributed by atoms with Crippen molar-refractivity contribution in [3.8, 4) is 0 Å². The first kappa shape index (κ1) is 11.4. The zero-order chi connectivity index (χ0) is 9.94. The second kappa shape index (κ2) is 3.84. The highest BCUT2D eigenvalue weighted by Gasteiger charge is 2.22. The summed E-state index contributed by atoms with van der Waals surface area (Å²) in [6, 6.07) is -1.30. The number of likely N-dealkylation sites (N-methyl/N-ethyl adjacent to an activating group) is 1. The van der Waals surface area contributed by atoms with Gasteiger partial charge >= 0.3 is 0 Å². The lowest BCUT2D eigenvalue weighted by molar-refractivity contribution is -0.873. The number of nitrogens with zero attached hydrogens (tertiary/aromatic N) is 1. The van der Waals surface area contributed by atoms with E-state index in [1.807, 2.05) is 21.1 Å². The van der Waals surface area contributed by atoms with Crippen molar-refractivity contribution in [1.29, 1.82) is 0 Å². The number of aliphatic hydroxyl groups excluding tert-OH is 1. The summed E-state index contributed by atoms with van der Waals surface area (Å²) in [6.07, 6.45) is -1.06. The Morgan fingerprint density at radius 3 is 2.25 bits per heavy atom. The molecule has 2 atom stereocenters. The molecule has 0 aliphatic rings. The molecule has 0 aromatic heterocycles. The number of carboxylic acid groups (broad SMARTS) is 1. The van der Waals surface area contributed by atoms with Crippen molar-refractivity contribution in [3.63, 3.8) is 0 Å². The van der Waals surface area contributed by atoms with Crippen LogP contribution >= 0.6 is 0 Å². The van der Waals surface area contributed by atoms with E-state index in [9.17, 15) is 15.0 Å². The summed E-state index contributed by atoms with van der Waals surface area (Å²) in [5, 5.41) is 19.5. The molecule has 0 radical (unpaired) electrons. The van der Waals surface area contributed by atoms with Gasteiger partial charge in [-0.05, 0) is 0 Å². The molecule has 0 unspecified atom stereocenters. The highest BCUT2D eigenvalue weighted by Crippen LogP contribution is 1.97. The zero-order valence-corrected chi connectivity index (χ0v) is 7.65. The third-order valence-electron chi connectivity index (χ3n) is 1.42. The summed E-state index contributed by atoms with van der Waals surface area (Å²) in [7, 11) is 5.52. The van der Waals surface area contributed by atoms with Gasteiger partial charge in [-0.25, -0.2) is 0 Å². The number of carbonyl (C=O) groups is 1. The molecule has 72 valence electrons. The summed E-state index contributed by atoms with van der Waals surface area (Å²) < 4.78 is 0.460. The van der Waals surface area contributed by atoms with Gasteiger partial charge in [0.05, 0.1) is 33.2 Å². The van der Waals surface area contributed by atoms with Crippen LogP contribution in [0.5, 0.6) is 0 Å². The predicted molar refractivity (Wildman–Crippen MR) is 41.9 cm³/mol. The average molecular weight is 176 g/mol. The summed E-state index contributed by atoms with van der Waals surface area (Å²) in [4.78, 5) is 10.2. The van der Waals surface area contributed by atoms with Gasteiger partial charge in [-0.3, -0.25) is 0 Å². The number of aliphatic carboxylic acids is 1. The molecule has 0 heterocycles. The number of nitrogens with two attached hydrogens (primary N) is 1. The largest absolute Gasteiger partial charge is 0.548 e. The first-order valence-electron chi connectivity index (χ1n) is 3.69. The molecular weight excluding hydrogens is 160 g/mol. The van der Waals surface area contributed by atoms with Crippen LogP contribution in [0.4, 0.5) is 0 Å². The minimum absolute atomic E-state index is 0.287. The Balaban J connectivity index is 4.04. The molecule has 0 amide bonds. The van der Waals surface area contributed by atoms with Crippen LogP contribution in [0, 0.1) is 0 Å². The van der Waals surface area contributed by atoms with Crippen molar-refractivity contribution in [1.82, 2.24) is 0 Å². The number of carboxylic acids is 1. The van der Waals surface area contributed by atoms with Crippen LogP contribution in [-0.4, -0.2) is 55.4 Å². The molecule has 3 N–H and O–H groups in total.